The predicted molar refractivity (Wildman–Crippen MR) is 118 cm³/mol. The first-order valence-corrected chi connectivity index (χ1v) is 9.72. The average Bonchev–Trinajstić information content (AvgIpc) is 3.16. The molecule has 0 aliphatic rings. The molecule has 0 saturated heterocycles. The van der Waals surface area contributed by atoms with Gasteiger partial charge in [-0.2, -0.15) is 0 Å². The van der Waals surface area contributed by atoms with E-state index in [1.807, 2.05) is 13.8 Å². The Balaban J connectivity index is 0.00000114. The highest BCUT2D eigenvalue weighted by molar-refractivity contribution is 6.14. The molecule has 0 fully saturated rings. The minimum atomic E-state index is -1.75. The van der Waals surface area contributed by atoms with Crippen LogP contribution < -0.4 is 16.4 Å². The lowest BCUT2D eigenvalue weighted by molar-refractivity contribution is 0.0912. The van der Waals surface area contributed by atoms with Gasteiger partial charge in [-0.1, -0.05) is 0 Å². The molecule has 0 aliphatic carbocycles. The second-order valence-corrected chi connectivity index (χ2v) is 7.45. The summed E-state index contributed by atoms with van der Waals surface area (Å²) in [5.41, 5.74) is 7.56. The van der Waals surface area contributed by atoms with E-state index >= 15 is 0 Å². The van der Waals surface area contributed by atoms with Gasteiger partial charge in [0.15, 0.2) is 5.65 Å². The first-order valence-electron chi connectivity index (χ1n) is 9.72. The SMILES string of the molecule is CNc1cc(F)ccc1C(=N)c1cnc2[nH]cc(C(=O)NC(C)(C)CCN)c2n1.FCF. The van der Waals surface area contributed by atoms with Gasteiger partial charge < -0.3 is 21.4 Å². The topological polar surface area (TPSA) is 133 Å². The van der Waals surface area contributed by atoms with Gasteiger partial charge in [0.2, 0.25) is 6.93 Å². The number of H-pyrrole nitrogens is 1. The number of nitrogens with zero attached hydrogens (tertiary/aromatic N) is 2. The van der Waals surface area contributed by atoms with Crippen molar-refractivity contribution >= 4 is 28.5 Å². The molecular weight excluding hydrogens is 423 g/mol. The van der Waals surface area contributed by atoms with E-state index in [2.05, 4.69) is 25.6 Å². The van der Waals surface area contributed by atoms with Crippen molar-refractivity contribution < 1.29 is 18.0 Å². The first-order chi connectivity index (χ1) is 15.2. The second kappa shape index (κ2) is 10.7. The van der Waals surface area contributed by atoms with E-state index < -0.39 is 18.3 Å². The Bertz CT molecular complexity index is 1100. The maximum atomic E-state index is 13.5. The third-order valence-corrected chi connectivity index (χ3v) is 4.62. The molecule has 172 valence electrons. The van der Waals surface area contributed by atoms with Crippen LogP contribution in [0.5, 0.6) is 0 Å². The van der Waals surface area contributed by atoms with Crippen molar-refractivity contribution in [3.63, 3.8) is 0 Å². The normalized spacial score (nSPS) is 11.0. The number of carbonyl (C=O) groups is 1. The fourth-order valence-corrected chi connectivity index (χ4v) is 3.06. The van der Waals surface area contributed by atoms with E-state index in [0.717, 1.165) is 0 Å². The highest BCUT2D eigenvalue weighted by Gasteiger charge is 2.23. The summed E-state index contributed by atoms with van der Waals surface area (Å²) in [7, 11) is 1.65. The van der Waals surface area contributed by atoms with Crippen molar-refractivity contribution in [1.82, 2.24) is 20.3 Å². The molecule has 1 aromatic carbocycles. The summed E-state index contributed by atoms with van der Waals surface area (Å²) in [6, 6.07) is 4.10. The molecule has 8 nitrogen and oxygen atoms in total. The molecular formula is C21H26F3N7O. The number of aromatic amines is 1. The Morgan fingerprint density at radius 1 is 1.28 bits per heavy atom. The molecule has 0 saturated carbocycles. The summed E-state index contributed by atoms with van der Waals surface area (Å²) < 4.78 is 32.8. The van der Waals surface area contributed by atoms with E-state index in [9.17, 15) is 18.0 Å². The van der Waals surface area contributed by atoms with Crippen molar-refractivity contribution in [2.75, 3.05) is 25.8 Å². The van der Waals surface area contributed by atoms with E-state index in [-0.39, 0.29) is 17.3 Å². The van der Waals surface area contributed by atoms with Crippen LogP contribution in [0.1, 0.15) is 41.9 Å². The molecule has 6 N–H and O–H groups in total. The van der Waals surface area contributed by atoms with E-state index in [0.29, 0.717) is 40.9 Å². The number of anilines is 1. The Morgan fingerprint density at radius 2 is 1.97 bits per heavy atom. The lowest BCUT2D eigenvalue weighted by Gasteiger charge is -2.25. The zero-order chi connectivity index (χ0) is 23.9. The number of carbonyl (C=O) groups excluding carboxylic acids is 1. The molecule has 3 rings (SSSR count). The monoisotopic (exact) mass is 449 g/mol. The molecule has 2 heterocycles. The van der Waals surface area contributed by atoms with Gasteiger partial charge in [0.25, 0.3) is 5.91 Å². The van der Waals surface area contributed by atoms with E-state index in [4.69, 9.17) is 11.1 Å². The Kier molecular flexibility index (Phi) is 8.30. The van der Waals surface area contributed by atoms with Crippen LogP contribution in [0.3, 0.4) is 0 Å². The lowest BCUT2D eigenvalue weighted by atomic mass is 10.0. The minimum absolute atomic E-state index is 0.0692. The molecule has 0 bridgehead atoms. The van der Waals surface area contributed by atoms with Crippen molar-refractivity contribution in [3.8, 4) is 0 Å². The number of benzene rings is 1. The van der Waals surface area contributed by atoms with Gasteiger partial charge in [-0.25, -0.2) is 23.1 Å². The number of halogens is 3. The number of nitrogens with one attached hydrogen (secondary N) is 4. The number of hydrogen-bond donors (Lipinski definition) is 5. The quantitative estimate of drug-likeness (QED) is 0.353. The smallest absolute Gasteiger partial charge is 0.255 e. The number of fused-ring (bicyclic) bond motifs is 1. The minimum Gasteiger partial charge on any atom is -0.387 e. The maximum Gasteiger partial charge on any atom is 0.255 e. The first kappa shape index (κ1) is 24.8. The van der Waals surface area contributed by atoms with Gasteiger partial charge in [-0.05, 0) is 45.0 Å². The van der Waals surface area contributed by atoms with Gasteiger partial charge in [-0.15, -0.1) is 0 Å². The van der Waals surface area contributed by atoms with Crippen molar-refractivity contribution in [1.29, 1.82) is 5.41 Å². The van der Waals surface area contributed by atoms with Gasteiger partial charge in [-0.3, -0.25) is 10.2 Å². The van der Waals surface area contributed by atoms with Crippen LogP contribution in [0, 0.1) is 11.2 Å². The van der Waals surface area contributed by atoms with Crippen LogP contribution in [0.4, 0.5) is 18.9 Å². The van der Waals surface area contributed by atoms with Gasteiger partial charge >= 0.3 is 0 Å². The molecule has 11 heteroatoms. The standard InChI is InChI=1S/C20H24FN7O.CH2F2/c1-20(2,6-7-22)28-19(29)13-9-25-18-17(13)27-15(10-26-18)16(23)12-5-4-11(21)8-14(12)24-3;2-1-3/h4-5,8-10,23-24H,6-7,22H2,1-3H3,(H,25,26)(H,28,29);1H2. The van der Waals surface area contributed by atoms with Crippen molar-refractivity contribution in [2.24, 2.45) is 5.73 Å². The summed E-state index contributed by atoms with van der Waals surface area (Å²) in [6.45, 7) is 2.49. The lowest BCUT2D eigenvalue weighted by Crippen LogP contribution is -2.44. The molecule has 0 aliphatic heterocycles. The predicted octanol–water partition coefficient (Wildman–Crippen LogP) is 3.29. The summed E-state index contributed by atoms with van der Waals surface area (Å²) in [5, 5.41) is 14.3. The number of amides is 1. The molecule has 2 aromatic heterocycles. The zero-order valence-corrected chi connectivity index (χ0v) is 18.0. The van der Waals surface area contributed by atoms with Crippen molar-refractivity contribution in [2.45, 2.75) is 25.8 Å². The van der Waals surface area contributed by atoms with Crippen LogP contribution in [-0.4, -0.2) is 52.6 Å². The summed E-state index contributed by atoms with van der Waals surface area (Å²) in [6.07, 6.45) is 3.62. The number of alkyl halides is 2. The average molecular weight is 449 g/mol. The maximum absolute atomic E-state index is 13.5. The third kappa shape index (κ3) is 5.82. The summed E-state index contributed by atoms with van der Waals surface area (Å²) in [4.78, 5) is 24.4. The van der Waals surface area contributed by atoms with Crippen LogP contribution in [0.25, 0.3) is 11.2 Å². The number of hydrogen-bond acceptors (Lipinski definition) is 6. The zero-order valence-electron chi connectivity index (χ0n) is 18.0. The van der Waals surface area contributed by atoms with Crippen LogP contribution in [0.15, 0.2) is 30.6 Å². The number of nitrogens with two attached hydrogens (primary N) is 1. The molecule has 3 aromatic rings. The molecule has 0 unspecified atom stereocenters. The Hall–Kier alpha value is -3.47. The molecule has 0 atom stereocenters. The van der Waals surface area contributed by atoms with Gasteiger partial charge in [0.1, 0.15) is 17.0 Å². The largest absolute Gasteiger partial charge is 0.387 e. The molecule has 0 radical (unpaired) electrons. The highest BCUT2D eigenvalue weighted by atomic mass is 19.3. The third-order valence-electron chi connectivity index (χ3n) is 4.62. The van der Waals surface area contributed by atoms with Crippen LogP contribution in [0.2, 0.25) is 0 Å². The van der Waals surface area contributed by atoms with E-state index in [1.54, 1.807) is 13.2 Å². The molecule has 0 spiro atoms. The number of aromatic nitrogens is 3. The molecule has 1 amide bonds. The summed E-state index contributed by atoms with van der Waals surface area (Å²) >= 11 is 0. The fourth-order valence-electron chi connectivity index (χ4n) is 3.06. The van der Waals surface area contributed by atoms with Crippen molar-refractivity contribution in [3.05, 3.63) is 53.2 Å². The highest BCUT2D eigenvalue weighted by Crippen LogP contribution is 2.22. The van der Waals surface area contributed by atoms with Gasteiger partial charge in [0, 0.05) is 30.0 Å². The van der Waals surface area contributed by atoms with Crippen LogP contribution in [-0.2, 0) is 0 Å². The Morgan fingerprint density at radius 3 is 2.59 bits per heavy atom. The van der Waals surface area contributed by atoms with E-state index in [1.165, 1.54) is 24.4 Å². The van der Waals surface area contributed by atoms with Gasteiger partial charge in [0.05, 0.1) is 17.5 Å². The second-order valence-electron chi connectivity index (χ2n) is 7.45. The number of rotatable bonds is 7. The Labute approximate surface area is 183 Å². The molecule has 32 heavy (non-hydrogen) atoms. The summed E-state index contributed by atoms with van der Waals surface area (Å²) in [5.74, 6) is -0.706. The van der Waals surface area contributed by atoms with Crippen LogP contribution >= 0.6 is 0 Å². The fraction of sp³-hybridized carbons (Fsp3) is 0.333.